The third kappa shape index (κ3) is 3.69. The Kier molecular flexibility index (Phi) is 5.11. The van der Waals surface area contributed by atoms with E-state index in [4.69, 9.17) is 5.73 Å². The van der Waals surface area contributed by atoms with Crippen LogP contribution in [0.25, 0.3) is 0 Å². The van der Waals surface area contributed by atoms with E-state index < -0.39 is 0 Å². The van der Waals surface area contributed by atoms with Crippen LogP contribution in [0.1, 0.15) is 22.6 Å². The molecule has 0 aromatic carbocycles. The predicted molar refractivity (Wildman–Crippen MR) is 88.0 cm³/mol. The number of hydrogen-bond acceptors (Lipinski definition) is 3. The Hall–Kier alpha value is -1.70. The summed E-state index contributed by atoms with van der Waals surface area (Å²) in [6, 6.07) is 1.83. The Labute approximate surface area is 132 Å². The Bertz CT molecular complexity index is 637. The molecule has 0 fully saturated rings. The summed E-state index contributed by atoms with van der Waals surface area (Å²) in [7, 11) is 3.84. The zero-order chi connectivity index (χ0) is 15.4. The summed E-state index contributed by atoms with van der Waals surface area (Å²) in [6.07, 6.45) is 3.34. The molecule has 111 valence electrons. The van der Waals surface area contributed by atoms with Gasteiger partial charge in [-0.1, -0.05) is 6.82 Å². The smallest absolute Gasteiger partial charge is 0.267 e. The minimum absolute atomic E-state index is 0.0737. The molecular formula is C13H18BBrN5O. The van der Waals surface area contributed by atoms with Crippen molar-refractivity contribution < 1.29 is 4.79 Å². The summed E-state index contributed by atoms with van der Waals surface area (Å²) < 4.78 is 2.79. The third-order valence-corrected chi connectivity index (χ3v) is 3.93. The molecule has 1 amide bonds. The molecule has 1 radical (unpaired) electrons. The van der Waals surface area contributed by atoms with E-state index in [9.17, 15) is 4.79 Å². The number of nitrogens with one attached hydrogen (secondary N) is 2. The molecule has 0 aliphatic heterocycles. The number of H-pyrrole nitrogens is 1. The Morgan fingerprint density at radius 1 is 1.62 bits per heavy atom. The standard InChI is InChI=1S/C13H18BBrN5O/c1-14-11-9(15)6-10(20(11)2)12(21)17-5-3-4-8-7-18-13(16)19-8/h6-7H,3-5H2,1-2H3,(H,17,21)(H3,16,18,19). The predicted octanol–water partition coefficient (Wildman–Crippen LogP) is 0.833. The van der Waals surface area contributed by atoms with Gasteiger partial charge in [0.2, 0.25) is 0 Å². The normalized spacial score (nSPS) is 10.6. The monoisotopic (exact) mass is 350 g/mol. The van der Waals surface area contributed by atoms with Crippen molar-refractivity contribution in [3.8, 4) is 0 Å². The van der Waals surface area contributed by atoms with Gasteiger partial charge < -0.3 is 20.6 Å². The average Bonchev–Trinajstić information content (AvgIpc) is 2.98. The maximum atomic E-state index is 12.2. The van der Waals surface area contributed by atoms with Crippen molar-refractivity contribution in [1.29, 1.82) is 0 Å². The summed E-state index contributed by atoms with van der Waals surface area (Å²) in [6.45, 7) is 2.55. The first kappa shape index (κ1) is 15.7. The number of anilines is 1. The second-order valence-electron chi connectivity index (χ2n) is 4.76. The number of nitrogen functional groups attached to an aromatic ring is 1. The van der Waals surface area contributed by atoms with Crippen LogP contribution in [0.5, 0.6) is 0 Å². The highest BCUT2D eigenvalue weighted by Crippen LogP contribution is 2.11. The quantitative estimate of drug-likeness (QED) is 0.532. The fraction of sp³-hybridized carbons (Fsp3) is 0.385. The van der Waals surface area contributed by atoms with E-state index in [1.807, 2.05) is 31.8 Å². The van der Waals surface area contributed by atoms with Crippen LogP contribution >= 0.6 is 15.9 Å². The third-order valence-electron chi connectivity index (χ3n) is 3.29. The van der Waals surface area contributed by atoms with Gasteiger partial charge in [-0.2, -0.15) is 0 Å². The number of hydrogen-bond donors (Lipinski definition) is 3. The molecular weight excluding hydrogens is 333 g/mol. The summed E-state index contributed by atoms with van der Waals surface area (Å²) in [5, 5.41) is 2.92. The molecule has 4 N–H and O–H groups in total. The van der Waals surface area contributed by atoms with Gasteiger partial charge in [0.15, 0.2) is 13.2 Å². The molecule has 0 aliphatic carbocycles. The van der Waals surface area contributed by atoms with Crippen LogP contribution in [0.2, 0.25) is 6.82 Å². The maximum absolute atomic E-state index is 12.2. The van der Waals surface area contributed by atoms with Gasteiger partial charge in [0, 0.05) is 23.8 Å². The van der Waals surface area contributed by atoms with E-state index in [1.54, 1.807) is 6.20 Å². The molecule has 21 heavy (non-hydrogen) atoms. The molecule has 0 saturated heterocycles. The number of nitrogens with two attached hydrogens (primary N) is 1. The summed E-state index contributed by atoms with van der Waals surface area (Å²) >= 11 is 3.46. The first-order valence-corrected chi connectivity index (χ1v) is 7.54. The van der Waals surface area contributed by atoms with Gasteiger partial charge in [0.05, 0.1) is 6.20 Å². The minimum atomic E-state index is -0.0737. The Morgan fingerprint density at radius 3 is 2.95 bits per heavy atom. The van der Waals surface area contributed by atoms with E-state index in [-0.39, 0.29) is 5.91 Å². The lowest BCUT2D eigenvalue weighted by atomic mass is 9.78. The minimum Gasteiger partial charge on any atom is -0.369 e. The molecule has 8 heteroatoms. The van der Waals surface area contributed by atoms with Crippen LogP contribution in [0.4, 0.5) is 5.95 Å². The maximum Gasteiger partial charge on any atom is 0.267 e. The number of aromatic nitrogens is 3. The van der Waals surface area contributed by atoms with Gasteiger partial charge in [-0.05, 0) is 40.4 Å². The van der Waals surface area contributed by atoms with Gasteiger partial charge in [0.1, 0.15) is 5.69 Å². The zero-order valence-electron chi connectivity index (χ0n) is 12.1. The fourth-order valence-electron chi connectivity index (χ4n) is 2.21. The van der Waals surface area contributed by atoms with Crippen LogP contribution in [-0.4, -0.2) is 34.3 Å². The van der Waals surface area contributed by atoms with Crippen molar-refractivity contribution >= 4 is 40.7 Å². The molecule has 0 unspecified atom stereocenters. The highest BCUT2D eigenvalue weighted by atomic mass is 79.9. The van der Waals surface area contributed by atoms with Gasteiger partial charge in [-0.15, -0.1) is 0 Å². The van der Waals surface area contributed by atoms with Gasteiger partial charge in [0.25, 0.3) is 5.91 Å². The summed E-state index contributed by atoms with van der Waals surface area (Å²) in [5.74, 6) is 0.349. The molecule has 2 rings (SSSR count). The molecule has 0 bridgehead atoms. The number of carbonyl (C=O) groups is 1. The van der Waals surface area contributed by atoms with Gasteiger partial charge in [-0.25, -0.2) is 4.98 Å². The largest absolute Gasteiger partial charge is 0.369 e. The van der Waals surface area contributed by atoms with E-state index in [0.29, 0.717) is 18.2 Å². The number of halogens is 1. The highest BCUT2D eigenvalue weighted by molar-refractivity contribution is 9.10. The molecule has 0 spiro atoms. The summed E-state index contributed by atoms with van der Waals surface area (Å²) in [4.78, 5) is 19.1. The lowest BCUT2D eigenvalue weighted by Crippen LogP contribution is -2.30. The van der Waals surface area contributed by atoms with Crippen molar-refractivity contribution in [1.82, 2.24) is 19.9 Å². The van der Waals surface area contributed by atoms with E-state index >= 15 is 0 Å². The van der Waals surface area contributed by atoms with Crippen molar-refractivity contribution in [2.24, 2.45) is 7.05 Å². The van der Waals surface area contributed by atoms with Crippen molar-refractivity contribution in [3.05, 3.63) is 28.1 Å². The summed E-state index contributed by atoms with van der Waals surface area (Å²) in [5.41, 5.74) is 8.12. The van der Waals surface area contributed by atoms with Gasteiger partial charge >= 0.3 is 0 Å². The fourth-order valence-corrected chi connectivity index (χ4v) is 2.92. The van der Waals surface area contributed by atoms with Crippen LogP contribution < -0.4 is 16.6 Å². The number of aromatic amines is 1. The number of rotatable bonds is 6. The SMILES string of the molecule is C[B]c1c(Br)cc(C(=O)NCCCc2cnc(N)[nH]2)n1C. The number of imidazole rings is 1. The van der Waals surface area contributed by atoms with Crippen LogP contribution in [-0.2, 0) is 13.5 Å². The second-order valence-corrected chi connectivity index (χ2v) is 5.62. The first-order valence-electron chi connectivity index (χ1n) is 6.75. The lowest BCUT2D eigenvalue weighted by Gasteiger charge is -2.07. The van der Waals surface area contributed by atoms with Gasteiger partial charge in [-0.3, -0.25) is 4.79 Å². The van der Waals surface area contributed by atoms with Crippen LogP contribution in [0.3, 0.4) is 0 Å². The molecule has 2 heterocycles. The molecule has 6 nitrogen and oxygen atoms in total. The number of aryl methyl sites for hydroxylation is 1. The van der Waals surface area contributed by atoms with Crippen molar-refractivity contribution in [2.75, 3.05) is 12.3 Å². The highest BCUT2D eigenvalue weighted by Gasteiger charge is 2.15. The molecule has 2 aromatic heterocycles. The Balaban J connectivity index is 1.85. The molecule has 2 aromatic rings. The van der Waals surface area contributed by atoms with E-state index in [1.165, 1.54) is 0 Å². The second kappa shape index (κ2) is 6.84. The van der Waals surface area contributed by atoms with Crippen LogP contribution in [0, 0.1) is 0 Å². The van der Waals surface area contributed by atoms with E-state index in [2.05, 4.69) is 31.2 Å². The molecule has 0 saturated carbocycles. The van der Waals surface area contributed by atoms with Crippen LogP contribution in [0.15, 0.2) is 16.7 Å². The average molecular weight is 351 g/mol. The number of amides is 1. The Morgan fingerprint density at radius 2 is 2.38 bits per heavy atom. The van der Waals surface area contributed by atoms with E-state index in [0.717, 1.165) is 28.6 Å². The number of carbonyl (C=O) groups excluding carboxylic acids is 1. The molecule has 0 aliphatic rings. The topological polar surface area (TPSA) is 88.7 Å². The zero-order valence-corrected chi connectivity index (χ0v) is 13.7. The number of nitrogens with zero attached hydrogens (tertiary/aromatic N) is 2. The van der Waals surface area contributed by atoms with Crippen molar-refractivity contribution in [2.45, 2.75) is 19.7 Å². The first-order chi connectivity index (χ1) is 10.0. The lowest BCUT2D eigenvalue weighted by molar-refractivity contribution is 0.0945. The molecule has 0 atom stereocenters. The van der Waals surface area contributed by atoms with Crippen molar-refractivity contribution in [3.63, 3.8) is 0 Å².